The molecule has 1 nitrogen and oxygen atoms in total. The molecule has 1 aliphatic rings. The van der Waals surface area contributed by atoms with Crippen molar-refractivity contribution >= 4 is 33.2 Å². The average Bonchev–Trinajstić information content (AvgIpc) is 3.04. The quantitative estimate of drug-likeness (QED) is 0.886. The lowest BCUT2D eigenvalue weighted by molar-refractivity contribution is 0.566. The Kier molecular flexibility index (Phi) is 3.92. The summed E-state index contributed by atoms with van der Waals surface area (Å²) in [6.07, 6.45) is 2.78. The molecular weight excluding hydrogens is 258 g/mol. The summed E-state index contributed by atoms with van der Waals surface area (Å²) in [6, 6.07) is 11.5. The Morgan fingerprint density at radius 2 is 2.28 bits per heavy atom. The fourth-order valence-electron chi connectivity index (χ4n) is 2.43. The van der Waals surface area contributed by atoms with Crippen molar-refractivity contribution in [3.8, 4) is 0 Å². The third kappa shape index (κ3) is 2.73. The lowest BCUT2D eigenvalue weighted by atomic mass is 10.2. The Labute approximate surface area is 117 Å². The van der Waals surface area contributed by atoms with E-state index in [4.69, 9.17) is 0 Å². The third-order valence-corrected chi connectivity index (χ3v) is 6.24. The second kappa shape index (κ2) is 5.64. The molecule has 0 saturated carbocycles. The van der Waals surface area contributed by atoms with Crippen molar-refractivity contribution in [2.75, 3.05) is 12.3 Å². The van der Waals surface area contributed by atoms with Crippen LogP contribution in [0.15, 0.2) is 30.3 Å². The molecule has 1 N–H and O–H groups in total. The van der Waals surface area contributed by atoms with Crippen LogP contribution in [0, 0.1) is 0 Å². The molecule has 1 fully saturated rings. The van der Waals surface area contributed by atoms with Crippen molar-refractivity contribution in [3.05, 3.63) is 35.2 Å². The molecule has 18 heavy (non-hydrogen) atoms. The fraction of sp³-hybridized carbons (Fsp3) is 0.467. The maximum atomic E-state index is 3.69. The van der Waals surface area contributed by atoms with Crippen LogP contribution in [-0.4, -0.2) is 17.5 Å². The van der Waals surface area contributed by atoms with Crippen LogP contribution in [0.3, 0.4) is 0 Å². The summed E-state index contributed by atoms with van der Waals surface area (Å²) in [7, 11) is 0. The van der Waals surface area contributed by atoms with Gasteiger partial charge in [-0.15, -0.1) is 11.3 Å². The molecule has 2 atom stereocenters. The number of hydrogen-bond acceptors (Lipinski definition) is 3. The lowest BCUT2D eigenvalue weighted by Crippen LogP contribution is -2.25. The minimum Gasteiger partial charge on any atom is -0.308 e. The van der Waals surface area contributed by atoms with E-state index in [-0.39, 0.29) is 0 Å². The van der Waals surface area contributed by atoms with Gasteiger partial charge in [0.15, 0.2) is 0 Å². The molecule has 0 aliphatic carbocycles. The van der Waals surface area contributed by atoms with Gasteiger partial charge in [-0.2, -0.15) is 11.8 Å². The van der Waals surface area contributed by atoms with E-state index in [9.17, 15) is 0 Å². The Hall–Kier alpha value is -0.510. The first kappa shape index (κ1) is 12.5. The zero-order valence-corrected chi connectivity index (χ0v) is 12.3. The molecule has 0 radical (unpaired) electrons. The number of benzene rings is 1. The molecule has 1 saturated heterocycles. The number of thiophene rings is 1. The highest BCUT2D eigenvalue weighted by atomic mass is 32.2. The summed E-state index contributed by atoms with van der Waals surface area (Å²) < 4.78 is 1.40. The SMILES string of the molecule is CC(NCC1CCCS1)c1cc2ccccc2s1. The Bertz CT molecular complexity index is 481. The average molecular weight is 277 g/mol. The van der Waals surface area contributed by atoms with Gasteiger partial charge in [-0.25, -0.2) is 0 Å². The van der Waals surface area contributed by atoms with Gasteiger partial charge >= 0.3 is 0 Å². The van der Waals surface area contributed by atoms with E-state index in [0.29, 0.717) is 6.04 Å². The Morgan fingerprint density at radius 1 is 1.39 bits per heavy atom. The minimum atomic E-state index is 0.476. The van der Waals surface area contributed by atoms with Gasteiger partial charge in [0.05, 0.1) is 0 Å². The lowest BCUT2D eigenvalue weighted by Gasteiger charge is -2.15. The molecule has 0 bridgehead atoms. The van der Waals surface area contributed by atoms with E-state index in [2.05, 4.69) is 54.3 Å². The molecule has 0 amide bonds. The van der Waals surface area contributed by atoms with Gasteiger partial charge in [-0.3, -0.25) is 0 Å². The molecule has 2 unspecified atom stereocenters. The van der Waals surface area contributed by atoms with Crippen LogP contribution in [0.25, 0.3) is 10.1 Å². The van der Waals surface area contributed by atoms with Crippen LogP contribution < -0.4 is 5.32 Å². The first-order chi connectivity index (χ1) is 8.83. The fourth-order valence-corrected chi connectivity index (χ4v) is 4.74. The minimum absolute atomic E-state index is 0.476. The summed E-state index contributed by atoms with van der Waals surface area (Å²) in [5, 5.41) is 5.90. The molecular formula is C15H19NS2. The van der Waals surface area contributed by atoms with Gasteiger partial charge in [0.25, 0.3) is 0 Å². The molecule has 96 valence electrons. The van der Waals surface area contributed by atoms with E-state index >= 15 is 0 Å². The first-order valence-electron chi connectivity index (χ1n) is 6.66. The van der Waals surface area contributed by atoms with Crippen molar-refractivity contribution in [2.45, 2.75) is 31.1 Å². The zero-order chi connectivity index (χ0) is 12.4. The summed E-state index contributed by atoms with van der Waals surface area (Å²) >= 11 is 4.04. The van der Waals surface area contributed by atoms with Crippen LogP contribution in [0.1, 0.15) is 30.7 Å². The van der Waals surface area contributed by atoms with E-state index in [1.807, 2.05) is 11.3 Å². The number of hydrogen-bond donors (Lipinski definition) is 1. The zero-order valence-electron chi connectivity index (χ0n) is 10.7. The van der Waals surface area contributed by atoms with Crippen molar-refractivity contribution in [3.63, 3.8) is 0 Å². The summed E-state index contributed by atoms with van der Waals surface area (Å²) in [5.74, 6) is 1.35. The van der Waals surface area contributed by atoms with Crippen molar-refractivity contribution in [1.82, 2.24) is 5.32 Å². The third-order valence-electron chi connectivity index (χ3n) is 3.55. The summed E-state index contributed by atoms with van der Waals surface area (Å²) in [6.45, 7) is 3.43. The van der Waals surface area contributed by atoms with Crippen molar-refractivity contribution in [2.24, 2.45) is 0 Å². The topological polar surface area (TPSA) is 12.0 Å². The Morgan fingerprint density at radius 3 is 3.06 bits per heavy atom. The predicted octanol–water partition coefficient (Wildman–Crippen LogP) is 4.45. The molecule has 1 aromatic carbocycles. The first-order valence-corrected chi connectivity index (χ1v) is 8.53. The van der Waals surface area contributed by atoms with Gasteiger partial charge in [0.2, 0.25) is 0 Å². The van der Waals surface area contributed by atoms with E-state index in [1.165, 1.54) is 33.6 Å². The van der Waals surface area contributed by atoms with Crippen LogP contribution in [-0.2, 0) is 0 Å². The van der Waals surface area contributed by atoms with Crippen LogP contribution in [0.4, 0.5) is 0 Å². The van der Waals surface area contributed by atoms with Gasteiger partial charge in [-0.1, -0.05) is 18.2 Å². The smallest absolute Gasteiger partial charge is 0.0386 e. The van der Waals surface area contributed by atoms with Gasteiger partial charge < -0.3 is 5.32 Å². The monoisotopic (exact) mass is 277 g/mol. The largest absolute Gasteiger partial charge is 0.308 e. The molecule has 3 rings (SSSR count). The van der Waals surface area contributed by atoms with E-state index in [1.54, 1.807) is 0 Å². The van der Waals surface area contributed by atoms with Crippen LogP contribution in [0.5, 0.6) is 0 Å². The highest BCUT2D eigenvalue weighted by Crippen LogP contribution is 2.30. The molecule has 1 aromatic heterocycles. The second-order valence-electron chi connectivity index (χ2n) is 4.95. The maximum absolute atomic E-state index is 3.69. The van der Waals surface area contributed by atoms with Gasteiger partial charge in [0, 0.05) is 27.4 Å². The van der Waals surface area contributed by atoms with Gasteiger partial charge in [0.1, 0.15) is 0 Å². The normalized spacial score (nSPS) is 21.5. The van der Waals surface area contributed by atoms with Crippen LogP contribution >= 0.6 is 23.1 Å². The standard InChI is InChI=1S/C15H19NS2/c1-11(16-10-13-6-4-8-17-13)15-9-12-5-2-3-7-14(12)18-15/h2-3,5,7,9,11,13,16H,4,6,8,10H2,1H3. The highest BCUT2D eigenvalue weighted by Gasteiger charge is 2.17. The molecule has 1 aliphatic heterocycles. The van der Waals surface area contributed by atoms with E-state index in [0.717, 1.165) is 11.8 Å². The van der Waals surface area contributed by atoms with Crippen molar-refractivity contribution in [1.29, 1.82) is 0 Å². The summed E-state index contributed by atoms with van der Waals surface area (Å²) in [4.78, 5) is 1.46. The van der Waals surface area contributed by atoms with Crippen LogP contribution in [0.2, 0.25) is 0 Å². The number of thioether (sulfide) groups is 1. The Balaban J connectivity index is 1.65. The molecule has 2 heterocycles. The molecule has 2 aromatic rings. The molecule has 3 heteroatoms. The maximum Gasteiger partial charge on any atom is 0.0386 e. The number of rotatable bonds is 4. The predicted molar refractivity (Wildman–Crippen MR) is 83.7 cm³/mol. The highest BCUT2D eigenvalue weighted by molar-refractivity contribution is 8.00. The second-order valence-corrected chi connectivity index (χ2v) is 7.48. The molecule has 0 spiro atoms. The van der Waals surface area contributed by atoms with Crippen molar-refractivity contribution < 1.29 is 0 Å². The summed E-state index contributed by atoms with van der Waals surface area (Å²) in [5.41, 5.74) is 0. The van der Waals surface area contributed by atoms with E-state index < -0.39 is 0 Å². The van der Waals surface area contributed by atoms with Gasteiger partial charge in [-0.05, 0) is 43.0 Å². The number of nitrogens with one attached hydrogen (secondary N) is 1. The number of fused-ring (bicyclic) bond motifs is 1.